The van der Waals surface area contributed by atoms with Crippen LogP contribution in [0.5, 0.6) is 0 Å². The fraction of sp³-hybridized carbons (Fsp3) is 0.438. The van der Waals surface area contributed by atoms with E-state index in [0.29, 0.717) is 19.5 Å². The minimum atomic E-state index is -0.621. The normalized spacial score (nSPS) is 30.9. The standard InChI is InChI=1S/C16H19NO4/c18-14-7-9-17(20)8-6-13(16(14)17)11-21-15(19)10-12-4-2-1-3-5-12/h1-6,14,16,18H,7-11H2/t14-,16?,17?/m1/s1. The van der Waals surface area contributed by atoms with Crippen molar-refractivity contribution in [2.75, 3.05) is 19.7 Å². The van der Waals surface area contributed by atoms with E-state index >= 15 is 0 Å². The highest BCUT2D eigenvalue weighted by molar-refractivity contribution is 5.72. The van der Waals surface area contributed by atoms with Crippen molar-refractivity contribution in [3.63, 3.8) is 0 Å². The van der Waals surface area contributed by atoms with Gasteiger partial charge in [0, 0.05) is 12.0 Å². The van der Waals surface area contributed by atoms with Crippen molar-refractivity contribution < 1.29 is 19.3 Å². The summed E-state index contributed by atoms with van der Waals surface area (Å²) in [6.45, 7) is 0.909. The molecule has 21 heavy (non-hydrogen) atoms. The molecule has 0 aromatic heterocycles. The molecular weight excluding hydrogens is 270 g/mol. The molecule has 5 nitrogen and oxygen atoms in total. The first-order valence-electron chi connectivity index (χ1n) is 7.23. The first-order chi connectivity index (χ1) is 10.1. The number of quaternary nitrogens is 1. The van der Waals surface area contributed by atoms with Crippen LogP contribution in [0.25, 0.3) is 0 Å². The second-order valence-corrected chi connectivity index (χ2v) is 5.76. The summed E-state index contributed by atoms with van der Waals surface area (Å²) in [5.74, 6) is -0.314. The van der Waals surface area contributed by atoms with Crippen LogP contribution in [-0.2, 0) is 16.0 Å². The summed E-state index contributed by atoms with van der Waals surface area (Å²) in [7, 11) is 0. The van der Waals surface area contributed by atoms with E-state index < -0.39 is 16.8 Å². The molecule has 1 aromatic rings. The van der Waals surface area contributed by atoms with E-state index in [-0.39, 0.29) is 19.0 Å². The van der Waals surface area contributed by atoms with E-state index in [1.165, 1.54) is 0 Å². The Labute approximate surface area is 123 Å². The molecule has 1 fully saturated rings. The largest absolute Gasteiger partial charge is 0.632 e. The van der Waals surface area contributed by atoms with Gasteiger partial charge >= 0.3 is 5.97 Å². The number of aliphatic hydroxyl groups excluding tert-OH is 1. The van der Waals surface area contributed by atoms with Crippen LogP contribution < -0.4 is 0 Å². The topological polar surface area (TPSA) is 69.6 Å². The third kappa shape index (κ3) is 2.85. The SMILES string of the molecule is O=C(Cc1ccccc1)OCC1=CC[N+]2([O-])CC[C@@H](O)C12. The maximum Gasteiger partial charge on any atom is 0.310 e. The minimum Gasteiger partial charge on any atom is -0.632 e. The number of carbonyl (C=O) groups excluding carboxylic acids is 1. The van der Waals surface area contributed by atoms with Crippen LogP contribution in [0, 0.1) is 5.21 Å². The van der Waals surface area contributed by atoms with Gasteiger partial charge < -0.3 is 19.7 Å². The Hall–Kier alpha value is -1.69. The third-order valence-electron chi connectivity index (χ3n) is 4.31. The number of hydrogen-bond donors (Lipinski definition) is 1. The predicted molar refractivity (Wildman–Crippen MR) is 77.0 cm³/mol. The molecule has 3 rings (SSSR count). The molecule has 0 aliphatic carbocycles. The monoisotopic (exact) mass is 289 g/mol. The smallest absolute Gasteiger partial charge is 0.310 e. The van der Waals surface area contributed by atoms with Gasteiger partial charge in [0.05, 0.1) is 19.5 Å². The van der Waals surface area contributed by atoms with Crippen LogP contribution in [-0.4, -0.2) is 47.6 Å². The molecule has 3 atom stereocenters. The van der Waals surface area contributed by atoms with E-state index in [2.05, 4.69) is 0 Å². The van der Waals surface area contributed by atoms with Crippen molar-refractivity contribution in [1.29, 1.82) is 0 Å². The van der Waals surface area contributed by atoms with E-state index in [9.17, 15) is 15.1 Å². The Balaban J connectivity index is 1.55. The van der Waals surface area contributed by atoms with Crippen molar-refractivity contribution in [3.05, 3.63) is 52.8 Å². The Morgan fingerprint density at radius 2 is 2.14 bits per heavy atom. The van der Waals surface area contributed by atoms with Crippen molar-refractivity contribution in [2.45, 2.75) is 25.0 Å². The lowest BCUT2D eigenvalue weighted by atomic mass is 10.1. The molecule has 1 aromatic carbocycles. The lowest BCUT2D eigenvalue weighted by Crippen LogP contribution is -2.46. The maximum absolute atomic E-state index is 12.4. The molecule has 2 aliphatic heterocycles. The first-order valence-corrected chi connectivity index (χ1v) is 7.23. The summed E-state index contributed by atoms with van der Waals surface area (Å²) >= 11 is 0. The van der Waals surface area contributed by atoms with Gasteiger partial charge in [0.25, 0.3) is 0 Å². The van der Waals surface area contributed by atoms with Gasteiger partial charge in [0.15, 0.2) is 0 Å². The Morgan fingerprint density at radius 3 is 2.90 bits per heavy atom. The molecule has 1 N–H and O–H groups in total. The van der Waals surface area contributed by atoms with Crippen LogP contribution in [0.2, 0.25) is 0 Å². The quantitative estimate of drug-likeness (QED) is 0.391. The molecule has 5 heteroatoms. The summed E-state index contributed by atoms with van der Waals surface area (Å²) < 4.78 is 4.87. The maximum atomic E-state index is 12.4. The molecule has 0 radical (unpaired) electrons. The Bertz CT molecular complexity index is 557. The van der Waals surface area contributed by atoms with Crippen molar-refractivity contribution >= 4 is 5.97 Å². The Kier molecular flexibility index (Phi) is 3.80. The van der Waals surface area contributed by atoms with E-state index in [1.807, 2.05) is 36.4 Å². The van der Waals surface area contributed by atoms with Gasteiger partial charge in [-0.15, -0.1) is 0 Å². The van der Waals surface area contributed by atoms with Crippen molar-refractivity contribution in [2.24, 2.45) is 0 Å². The van der Waals surface area contributed by atoms with Crippen molar-refractivity contribution in [1.82, 2.24) is 0 Å². The highest BCUT2D eigenvalue weighted by atomic mass is 16.6. The van der Waals surface area contributed by atoms with Gasteiger partial charge in [-0.3, -0.25) is 4.79 Å². The highest BCUT2D eigenvalue weighted by Crippen LogP contribution is 2.36. The molecule has 0 bridgehead atoms. The van der Waals surface area contributed by atoms with Crippen LogP contribution in [0.15, 0.2) is 42.0 Å². The molecule has 0 spiro atoms. The number of esters is 1. The molecule has 0 amide bonds. The number of fused-ring (bicyclic) bond motifs is 1. The van der Waals surface area contributed by atoms with Gasteiger partial charge in [0.2, 0.25) is 0 Å². The van der Waals surface area contributed by atoms with Gasteiger partial charge in [-0.05, 0) is 11.6 Å². The molecule has 2 heterocycles. The Morgan fingerprint density at radius 1 is 1.38 bits per heavy atom. The zero-order valence-corrected chi connectivity index (χ0v) is 11.8. The van der Waals surface area contributed by atoms with Crippen LogP contribution >= 0.6 is 0 Å². The minimum absolute atomic E-state index is 0.107. The number of benzene rings is 1. The number of hydrogen-bond acceptors (Lipinski definition) is 4. The molecule has 2 unspecified atom stereocenters. The summed E-state index contributed by atoms with van der Waals surface area (Å²) in [4.78, 5) is 11.8. The van der Waals surface area contributed by atoms with Gasteiger partial charge in [-0.1, -0.05) is 30.3 Å². The summed E-state index contributed by atoms with van der Waals surface area (Å²) in [6.07, 6.45) is 1.93. The van der Waals surface area contributed by atoms with Crippen LogP contribution in [0.4, 0.5) is 0 Å². The predicted octanol–water partition coefficient (Wildman–Crippen LogP) is 1.16. The zero-order chi connectivity index (χ0) is 14.9. The third-order valence-corrected chi connectivity index (χ3v) is 4.31. The van der Waals surface area contributed by atoms with Crippen LogP contribution in [0.1, 0.15) is 12.0 Å². The average molecular weight is 289 g/mol. The van der Waals surface area contributed by atoms with Gasteiger partial charge in [-0.25, -0.2) is 0 Å². The number of ether oxygens (including phenoxy) is 1. The fourth-order valence-electron chi connectivity index (χ4n) is 3.23. The molecule has 112 valence electrons. The van der Waals surface area contributed by atoms with Crippen molar-refractivity contribution in [3.8, 4) is 0 Å². The summed E-state index contributed by atoms with van der Waals surface area (Å²) in [5, 5.41) is 22.3. The van der Waals surface area contributed by atoms with Gasteiger partial charge in [-0.2, -0.15) is 0 Å². The molecule has 1 saturated heterocycles. The summed E-state index contributed by atoms with van der Waals surface area (Å²) in [5.41, 5.74) is 1.66. The fourth-order valence-corrected chi connectivity index (χ4v) is 3.23. The second-order valence-electron chi connectivity index (χ2n) is 5.76. The number of rotatable bonds is 4. The lowest BCUT2D eigenvalue weighted by Gasteiger charge is -2.40. The molecule has 0 saturated carbocycles. The van der Waals surface area contributed by atoms with E-state index in [1.54, 1.807) is 0 Å². The van der Waals surface area contributed by atoms with E-state index in [4.69, 9.17) is 4.74 Å². The van der Waals surface area contributed by atoms with E-state index in [0.717, 1.165) is 11.1 Å². The molecular formula is C16H19NO4. The zero-order valence-electron chi connectivity index (χ0n) is 11.8. The summed E-state index contributed by atoms with van der Waals surface area (Å²) in [6, 6.07) is 8.94. The number of aliphatic hydroxyl groups is 1. The first kappa shape index (κ1) is 14.3. The number of nitrogens with zero attached hydrogens (tertiary/aromatic N) is 1. The lowest BCUT2D eigenvalue weighted by molar-refractivity contribution is -0.877. The second kappa shape index (κ2) is 5.60. The van der Waals surface area contributed by atoms with Gasteiger partial charge in [0.1, 0.15) is 18.8 Å². The molecule has 2 aliphatic rings. The number of carbonyl (C=O) groups is 1. The number of hydroxylamine groups is 3. The average Bonchev–Trinajstić information content (AvgIpc) is 2.95. The highest BCUT2D eigenvalue weighted by Gasteiger charge is 2.47. The van der Waals surface area contributed by atoms with Crippen LogP contribution in [0.3, 0.4) is 0 Å².